The molecule has 0 spiro atoms. The summed E-state index contributed by atoms with van der Waals surface area (Å²) in [5.74, 6) is -0.345. The molecule has 8 heteroatoms. The van der Waals surface area contributed by atoms with Crippen molar-refractivity contribution in [2.75, 3.05) is 28.4 Å². The molecule has 0 saturated carbocycles. The number of aryl methyl sites for hydroxylation is 1. The molecule has 0 amide bonds. The van der Waals surface area contributed by atoms with Crippen LogP contribution in [0.1, 0.15) is 29.2 Å². The van der Waals surface area contributed by atoms with Gasteiger partial charge in [-0.05, 0) is 19.1 Å². The third-order valence-corrected chi connectivity index (χ3v) is 4.74. The molecule has 2 aromatic rings. The molecule has 1 N–H and O–H groups in total. The van der Waals surface area contributed by atoms with E-state index in [0.29, 0.717) is 28.5 Å². The van der Waals surface area contributed by atoms with Crippen molar-refractivity contribution in [3.8, 4) is 23.0 Å². The van der Waals surface area contributed by atoms with E-state index in [1.165, 1.54) is 39.1 Å². The van der Waals surface area contributed by atoms with Crippen molar-refractivity contribution in [1.82, 2.24) is 4.57 Å². The number of methoxy groups -OCH3 is 4. The molecule has 0 aliphatic carbocycles. The average Bonchev–Trinajstić information content (AvgIpc) is 2.69. The van der Waals surface area contributed by atoms with Crippen LogP contribution in [0.2, 0.25) is 0 Å². The number of ether oxygens (including phenoxy) is 4. The van der Waals surface area contributed by atoms with E-state index >= 15 is 0 Å². The summed E-state index contributed by atoms with van der Waals surface area (Å²) in [6, 6.07) is 4.71. The Labute approximate surface area is 163 Å². The minimum atomic E-state index is -0.818. The summed E-state index contributed by atoms with van der Waals surface area (Å²) in [4.78, 5) is 25.0. The van der Waals surface area contributed by atoms with Crippen LogP contribution in [0.4, 0.5) is 0 Å². The topological polar surface area (TPSA) is 96.2 Å². The number of aromatic hydroxyl groups is 1. The Morgan fingerprint density at radius 2 is 1.61 bits per heavy atom. The lowest BCUT2D eigenvalue weighted by molar-refractivity contribution is -0.140. The van der Waals surface area contributed by atoms with Gasteiger partial charge in [-0.2, -0.15) is 0 Å². The highest BCUT2D eigenvalue weighted by Gasteiger charge is 2.29. The summed E-state index contributed by atoms with van der Waals surface area (Å²) in [6.45, 7) is 1.71. The number of hydrogen-bond acceptors (Lipinski definition) is 7. The van der Waals surface area contributed by atoms with Crippen molar-refractivity contribution in [2.45, 2.75) is 19.3 Å². The zero-order valence-corrected chi connectivity index (χ0v) is 16.9. The Bertz CT molecular complexity index is 933. The van der Waals surface area contributed by atoms with Crippen LogP contribution in [-0.2, 0) is 16.6 Å². The van der Waals surface area contributed by atoms with Crippen molar-refractivity contribution in [3.05, 3.63) is 45.4 Å². The van der Waals surface area contributed by atoms with E-state index in [1.807, 2.05) is 0 Å². The van der Waals surface area contributed by atoms with Gasteiger partial charge in [-0.25, -0.2) is 0 Å². The fourth-order valence-corrected chi connectivity index (χ4v) is 3.09. The molecule has 0 saturated heterocycles. The molecule has 28 heavy (non-hydrogen) atoms. The molecule has 1 unspecified atom stereocenters. The van der Waals surface area contributed by atoms with Crippen LogP contribution in [0.5, 0.6) is 23.0 Å². The monoisotopic (exact) mass is 391 g/mol. The first-order valence-corrected chi connectivity index (χ1v) is 8.55. The Morgan fingerprint density at radius 3 is 2.14 bits per heavy atom. The molecule has 1 heterocycles. The van der Waals surface area contributed by atoms with Gasteiger partial charge in [0.2, 0.25) is 0 Å². The van der Waals surface area contributed by atoms with Gasteiger partial charge in [-0.15, -0.1) is 0 Å². The molecule has 2 rings (SSSR count). The van der Waals surface area contributed by atoms with Crippen LogP contribution in [0.15, 0.2) is 23.0 Å². The number of esters is 1. The highest BCUT2D eigenvalue weighted by molar-refractivity contribution is 5.72. The predicted octanol–water partition coefficient (Wildman–Crippen LogP) is 2.12. The highest BCUT2D eigenvalue weighted by Crippen LogP contribution is 2.42. The maximum absolute atomic E-state index is 12.9. The molecule has 0 radical (unpaired) electrons. The minimum Gasteiger partial charge on any atom is -0.507 e. The smallest absolute Gasteiger partial charge is 0.306 e. The summed E-state index contributed by atoms with van der Waals surface area (Å²) >= 11 is 0. The first kappa shape index (κ1) is 21.1. The third-order valence-electron chi connectivity index (χ3n) is 4.74. The maximum Gasteiger partial charge on any atom is 0.306 e. The first-order chi connectivity index (χ1) is 13.3. The van der Waals surface area contributed by atoms with E-state index in [-0.39, 0.29) is 17.7 Å². The molecular weight excluding hydrogens is 366 g/mol. The molecule has 1 atom stereocenters. The minimum absolute atomic E-state index is 0.0732. The number of rotatable bonds is 7. The van der Waals surface area contributed by atoms with E-state index in [9.17, 15) is 14.7 Å². The Morgan fingerprint density at radius 1 is 1.04 bits per heavy atom. The zero-order valence-electron chi connectivity index (χ0n) is 16.9. The summed E-state index contributed by atoms with van der Waals surface area (Å²) in [5.41, 5.74) is 0.733. The molecule has 8 nitrogen and oxygen atoms in total. The van der Waals surface area contributed by atoms with Crippen LogP contribution < -0.4 is 19.8 Å². The van der Waals surface area contributed by atoms with E-state index < -0.39 is 17.4 Å². The zero-order chi connectivity index (χ0) is 21.0. The molecule has 0 aliphatic rings. The normalized spacial score (nSPS) is 11.6. The lowest BCUT2D eigenvalue weighted by Gasteiger charge is -2.22. The highest BCUT2D eigenvalue weighted by atomic mass is 16.5. The van der Waals surface area contributed by atoms with E-state index in [1.54, 1.807) is 26.1 Å². The van der Waals surface area contributed by atoms with Crippen LogP contribution in [0, 0.1) is 6.92 Å². The summed E-state index contributed by atoms with van der Waals surface area (Å²) in [6.07, 6.45) is -0.172. The van der Waals surface area contributed by atoms with E-state index in [0.717, 1.165) is 0 Å². The largest absolute Gasteiger partial charge is 0.507 e. The second kappa shape index (κ2) is 8.69. The molecule has 152 valence electrons. The molecule has 0 fully saturated rings. The Kier molecular flexibility index (Phi) is 6.56. The SMILES string of the molecule is COC(=O)CC(c1cc(OC)c(OC)cc1OC)c1c(O)cc(C)n(C)c1=O. The maximum atomic E-state index is 12.9. The van der Waals surface area contributed by atoms with Gasteiger partial charge in [0.25, 0.3) is 5.56 Å². The fraction of sp³-hybridized carbons (Fsp3) is 0.400. The first-order valence-electron chi connectivity index (χ1n) is 8.55. The van der Waals surface area contributed by atoms with Crippen molar-refractivity contribution in [2.24, 2.45) is 7.05 Å². The summed E-state index contributed by atoms with van der Waals surface area (Å²) in [7, 11) is 7.29. The van der Waals surface area contributed by atoms with Crippen molar-refractivity contribution >= 4 is 5.97 Å². The number of nitrogens with zero attached hydrogens (tertiary/aromatic N) is 1. The molecular formula is C20H25NO7. The fourth-order valence-electron chi connectivity index (χ4n) is 3.09. The number of carbonyl (C=O) groups excluding carboxylic acids is 1. The van der Waals surface area contributed by atoms with Gasteiger partial charge in [0.05, 0.1) is 40.4 Å². The lowest BCUT2D eigenvalue weighted by atomic mass is 9.87. The number of pyridine rings is 1. The third kappa shape index (κ3) is 3.90. The van der Waals surface area contributed by atoms with Crippen molar-refractivity contribution in [3.63, 3.8) is 0 Å². The lowest BCUT2D eigenvalue weighted by Crippen LogP contribution is -2.26. The molecule has 1 aromatic carbocycles. The average molecular weight is 391 g/mol. The Hall–Kier alpha value is -3.16. The van der Waals surface area contributed by atoms with Crippen LogP contribution in [0.3, 0.4) is 0 Å². The van der Waals surface area contributed by atoms with Crippen LogP contribution >= 0.6 is 0 Å². The van der Waals surface area contributed by atoms with Crippen LogP contribution in [0.25, 0.3) is 0 Å². The Balaban J connectivity index is 2.82. The van der Waals surface area contributed by atoms with Gasteiger partial charge in [-0.3, -0.25) is 9.59 Å². The second-order valence-electron chi connectivity index (χ2n) is 6.23. The summed E-state index contributed by atoms with van der Waals surface area (Å²) in [5, 5.41) is 10.5. The predicted molar refractivity (Wildman–Crippen MR) is 103 cm³/mol. The second-order valence-corrected chi connectivity index (χ2v) is 6.23. The number of carbonyl (C=O) groups is 1. The van der Waals surface area contributed by atoms with Crippen molar-refractivity contribution in [1.29, 1.82) is 0 Å². The van der Waals surface area contributed by atoms with Gasteiger partial charge in [-0.1, -0.05) is 0 Å². The van der Waals surface area contributed by atoms with Gasteiger partial charge in [0.1, 0.15) is 11.5 Å². The summed E-state index contributed by atoms with van der Waals surface area (Å²) < 4.78 is 22.3. The van der Waals surface area contributed by atoms with E-state index in [4.69, 9.17) is 18.9 Å². The molecule has 1 aromatic heterocycles. The van der Waals surface area contributed by atoms with Crippen molar-refractivity contribution < 1.29 is 28.8 Å². The van der Waals surface area contributed by atoms with Gasteiger partial charge < -0.3 is 28.6 Å². The number of hydrogen-bond donors (Lipinski definition) is 1. The van der Waals surface area contributed by atoms with Gasteiger partial charge in [0.15, 0.2) is 11.5 Å². The number of aromatic nitrogens is 1. The van der Waals surface area contributed by atoms with Crippen LogP contribution in [-0.4, -0.2) is 44.1 Å². The standard InChI is InChI=1S/C20H25NO7/c1-11-7-14(22)19(20(24)21(11)2)13(9-18(23)28-6)12-8-16(26-4)17(27-5)10-15(12)25-3/h7-8,10,13,22H,9H2,1-6H3. The quantitative estimate of drug-likeness (QED) is 0.722. The molecule has 0 bridgehead atoms. The van der Waals surface area contributed by atoms with E-state index in [2.05, 4.69) is 0 Å². The molecule has 0 aliphatic heterocycles. The van der Waals surface area contributed by atoms with Gasteiger partial charge >= 0.3 is 5.97 Å². The van der Waals surface area contributed by atoms with Gasteiger partial charge in [0, 0.05) is 30.3 Å². The number of benzene rings is 1.